The van der Waals surface area contributed by atoms with Crippen molar-refractivity contribution in [2.45, 2.75) is 20.0 Å². The van der Waals surface area contributed by atoms with Gasteiger partial charge in [-0.2, -0.15) is 0 Å². The van der Waals surface area contributed by atoms with E-state index in [4.69, 9.17) is 19.7 Å². The molecule has 1 atom stereocenters. The SMILES string of the molecule is CC(=O)O.CC(O)COc1cccc2ccccc12. The molecule has 0 saturated heterocycles. The van der Waals surface area contributed by atoms with Crippen LogP contribution in [0.1, 0.15) is 13.8 Å². The van der Waals surface area contributed by atoms with Crippen LogP contribution in [0.15, 0.2) is 42.5 Å². The summed E-state index contributed by atoms with van der Waals surface area (Å²) in [5.41, 5.74) is 0. The average molecular weight is 262 g/mol. The molecule has 0 aliphatic rings. The van der Waals surface area contributed by atoms with Gasteiger partial charge in [-0.15, -0.1) is 0 Å². The minimum Gasteiger partial charge on any atom is -0.490 e. The van der Waals surface area contributed by atoms with E-state index in [0.717, 1.165) is 23.4 Å². The van der Waals surface area contributed by atoms with Gasteiger partial charge in [0.15, 0.2) is 0 Å². The average Bonchev–Trinajstić information content (AvgIpc) is 2.35. The normalized spacial score (nSPS) is 11.3. The lowest BCUT2D eigenvalue weighted by Gasteiger charge is -2.10. The number of rotatable bonds is 3. The summed E-state index contributed by atoms with van der Waals surface area (Å²) in [7, 11) is 0. The Bertz CT molecular complexity index is 525. The minimum atomic E-state index is -0.833. The fraction of sp³-hybridized carbons (Fsp3) is 0.267. The molecule has 4 heteroatoms. The molecule has 2 aromatic carbocycles. The van der Waals surface area contributed by atoms with Crippen LogP contribution in [0.25, 0.3) is 10.8 Å². The molecule has 2 N–H and O–H groups in total. The topological polar surface area (TPSA) is 66.8 Å². The van der Waals surface area contributed by atoms with Crippen molar-refractivity contribution in [3.8, 4) is 5.75 Å². The maximum Gasteiger partial charge on any atom is 0.300 e. The Balaban J connectivity index is 0.000000399. The van der Waals surface area contributed by atoms with Crippen LogP contribution in [-0.4, -0.2) is 28.9 Å². The van der Waals surface area contributed by atoms with Gasteiger partial charge >= 0.3 is 0 Å². The summed E-state index contributed by atoms with van der Waals surface area (Å²) in [6.07, 6.45) is -0.441. The predicted molar refractivity (Wildman–Crippen MR) is 74.4 cm³/mol. The first-order chi connectivity index (χ1) is 9.00. The number of ether oxygens (including phenoxy) is 1. The molecular formula is C15H18O4. The maximum atomic E-state index is 9.16. The summed E-state index contributed by atoms with van der Waals surface area (Å²) in [6, 6.07) is 14.0. The fourth-order valence-electron chi connectivity index (χ4n) is 1.53. The van der Waals surface area contributed by atoms with Crippen LogP contribution in [0.4, 0.5) is 0 Å². The molecule has 4 nitrogen and oxygen atoms in total. The van der Waals surface area contributed by atoms with Crippen LogP contribution >= 0.6 is 0 Å². The van der Waals surface area contributed by atoms with Crippen molar-refractivity contribution in [3.05, 3.63) is 42.5 Å². The Kier molecular flexibility index (Phi) is 5.82. The van der Waals surface area contributed by atoms with Crippen LogP contribution in [-0.2, 0) is 4.79 Å². The molecule has 0 radical (unpaired) electrons. The van der Waals surface area contributed by atoms with Gasteiger partial charge in [-0.3, -0.25) is 4.79 Å². The summed E-state index contributed by atoms with van der Waals surface area (Å²) >= 11 is 0. The number of fused-ring (bicyclic) bond motifs is 1. The smallest absolute Gasteiger partial charge is 0.300 e. The molecule has 19 heavy (non-hydrogen) atoms. The number of carboxylic acid groups (broad SMARTS) is 1. The van der Waals surface area contributed by atoms with Gasteiger partial charge in [-0.05, 0) is 18.4 Å². The van der Waals surface area contributed by atoms with Gasteiger partial charge in [0.1, 0.15) is 12.4 Å². The van der Waals surface area contributed by atoms with Gasteiger partial charge < -0.3 is 14.9 Å². The molecule has 0 amide bonds. The molecule has 1 unspecified atom stereocenters. The monoisotopic (exact) mass is 262 g/mol. The van der Waals surface area contributed by atoms with Crippen molar-refractivity contribution in [2.75, 3.05) is 6.61 Å². The van der Waals surface area contributed by atoms with Gasteiger partial charge in [0.25, 0.3) is 5.97 Å². The van der Waals surface area contributed by atoms with Crippen LogP contribution in [0.5, 0.6) is 5.75 Å². The third kappa shape index (κ3) is 5.40. The second-order valence-electron chi connectivity index (χ2n) is 4.16. The first-order valence-electron chi connectivity index (χ1n) is 5.99. The number of carboxylic acids is 1. The molecule has 0 bridgehead atoms. The van der Waals surface area contributed by atoms with Crippen LogP contribution in [0.3, 0.4) is 0 Å². The second-order valence-corrected chi connectivity index (χ2v) is 4.16. The van der Waals surface area contributed by atoms with Crippen molar-refractivity contribution in [2.24, 2.45) is 0 Å². The van der Waals surface area contributed by atoms with E-state index >= 15 is 0 Å². The zero-order valence-corrected chi connectivity index (χ0v) is 11.0. The number of hydrogen-bond donors (Lipinski definition) is 2. The van der Waals surface area contributed by atoms with Gasteiger partial charge in [0.2, 0.25) is 0 Å². The lowest BCUT2D eigenvalue weighted by atomic mass is 10.1. The molecule has 102 valence electrons. The van der Waals surface area contributed by atoms with Gasteiger partial charge in [-0.25, -0.2) is 0 Å². The highest BCUT2D eigenvalue weighted by atomic mass is 16.5. The molecular weight excluding hydrogens is 244 g/mol. The molecule has 0 saturated carbocycles. The van der Waals surface area contributed by atoms with Crippen LogP contribution in [0.2, 0.25) is 0 Å². The molecule has 2 aromatic rings. The summed E-state index contributed by atoms with van der Waals surface area (Å²) in [4.78, 5) is 9.00. The predicted octanol–water partition coefficient (Wildman–Crippen LogP) is 2.69. The Hall–Kier alpha value is -2.07. The van der Waals surface area contributed by atoms with E-state index in [9.17, 15) is 0 Å². The van der Waals surface area contributed by atoms with E-state index in [1.54, 1.807) is 6.92 Å². The number of aliphatic hydroxyl groups is 1. The Morgan fingerprint density at radius 1 is 1.21 bits per heavy atom. The lowest BCUT2D eigenvalue weighted by Crippen LogP contribution is -2.12. The molecule has 0 fully saturated rings. The summed E-state index contributed by atoms with van der Waals surface area (Å²) < 4.78 is 5.53. The number of carbonyl (C=O) groups is 1. The quantitative estimate of drug-likeness (QED) is 0.892. The fourth-order valence-corrected chi connectivity index (χ4v) is 1.53. The Labute approximate surface area is 112 Å². The highest BCUT2D eigenvalue weighted by Gasteiger charge is 2.02. The number of aliphatic hydroxyl groups excluding tert-OH is 1. The van der Waals surface area contributed by atoms with Crippen LogP contribution in [0, 0.1) is 0 Å². The third-order valence-corrected chi connectivity index (χ3v) is 2.23. The molecule has 0 spiro atoms. The lowest BCUT2D eigenvalue weighted by molar-refractivity contribution is -0.134. The largest absolute Gasteiger partial charge is 0.490 e. The van der Waals surface area contributed by atoms with Gasteiger partial charge in [0, 0.05) is 12.3 Å². The second kappa shape index (κ2) is 7.38. The number of aliphatic carboxylic acids is 1. The Morgan fingerprint density at radius 3 is 2.42 bits per heavy atom. The van der Waals surface area contributed by atoms with Gasteiger partial charge in [-0.1, -0.05) is 36.4 Å². The summed E-state index contributed by atoms with van der Waals surface area (Å²) in [5.74, 6) is -0.00556. The van der Waals surface area contributed by atoms with Crippen molar-refractivity contribution in [1.29, 1.82) is 0 Å². The van der Waals surface area contributed by atoms with Crippen molar-refractivity contribution >= 4 is 16.7 Å². The zero-order valence-electron chi connectivity index (χ0n) is 11.0. The molecule has 0 aliphatic carbocycles. The van der Waals surface area contributed by atoms with Gasteiger partial charge in [0.05, 0.1) is 6.10 Å². The van der Waals surface area contributed by atoms with E-state index < -0.39 is 12.1 Å². The zero-order chi connectivity index (χ0) is 14.3. The first-order valence-corrected chi connectivity index (χ1v) is 5.99. The van der Waals surface area contributed by atoms with Crippen LogP contribution < -0.4 is 4.74 Å². The van der Waals surface area contributed by atoms with Crippen molar-refractivity contribution in [3.63, 3.8) is 0 Å². The first kappa shape index (κ1) is 15.0. The highest BCUT2D eigenvalue weighted by Crippen LogP contribution is 2.25. The summed E-state index contributed by atoms with van der Waals surface area (Å²) in [6.45, 7) is 3.12. The van der Waals surface area contributed by atoms with Crippen molar-refractivity contribution < 1.29 is 19.7 Å². The number of benzene rings is 2. The standard InChI is InChI=1S/C13H14O2.C2H4O2/c1-10(14)9-15-13-8-4-6-11-5-2-3-7-12(11)13;1-2(3)4/h2-8,10,14H,9H2,1H3;1H3,(H,3,4). The van der Waals surface area contributed by atoms with E-state index in [1.165, 1.54) is 0 Å². The van der Waals surface area contributed by atoms with E-state index in [1.807, 2.05) is 42.5 Å². The van der Waals surface area contributed by atoms with E-state index in [-0.39, 0.29) is 0 Å². The minimum absolute atomic E-state index is 0.327. The van der Waals surface area contributed by atoms with E-state index in [0.29, 0.717) is 6.61 Å². The number of hydrogen-bond acceptors (Lipinski definition) is 3. The molecule has 0 aliphatic heterocycles. The molecule has 0 aromatic heterocycles. The summed E-state index contributed by atoms with van der Waals surface area (Å²) in [5, 5.41) is 18.8. The highest BCUT2D eigenvalue weighted by molar-refractivity contribution is 5.88. The molecule has 0 heterocycles. The third-order valence-electron chi connectivity index (χ3n) is 2.23. The van der Waals surface area contributed by atoms with E-state index in [2.05, 4.69) is 0 Å². The maximum absolute atomic E-state index is 9.16. The Morgan fingerprint density at radius 2 is 1.79 bits per heavy atom. The molecule has 2 rings (SSSR count). The van der Waals surface area contributed by atoms with Crippen molar-refractivity contribution in [1.82, 2.24) is 0 Å².